The van der Waals surface area contributed by atoms with Crippen molar-refractivity contribution in [1.82, 2.24) is 0 Å². The average molecular weight is 393 g/mol. The molecule has 1 fully saturated rings. The molecule has 0 heterocycles. The van der Waals surface area contributed by atoms with E-state index in [1.807, 2.05) is 13.8 Å². The van der Waals surface area contributed by atoms with Crippen molar-refractivity contribution in [1.29, 1.82) is 0 Å². The number of hydrogen-bond donors (Lipinski definition) is 1. The predicted octanol–water partition coefficient (Wildman–Crippen LogP) is 5.36. The van der Waals surface area contributed by atoms with Gasteiger partial charge in [-0.15, -0.1) is 24.0 Å². The van der Waals surface area contributed by atoms with Gasteiger partial charge in [0.05, 0.1) is 11.3 Å². The number of halogens is 5. The number of rotatable bonds is 4. The summed E-state index contributed by atoms with van der Waals surface area (Å²) in [6.07, 6.45) is 0. The van der Waals surface area contributed by atoms with Gasteiger partial charge in [-0.2, -0.15) is 0 Å². The summed E-state index contributed by atoms with van der Waals surface area (Å²) in [4.78, 5) is 11.2. The summed E-state index contributed by atoms with van der Waals surface area (Å²) >= 11 is 25.0. The Kier molecular flexibility index (Phi) is 5.78. The molecule has 0 amide bonds. The molecule has 118 valence electrons. The van der Waals surface area contributed by atoms with Crippen LogP contribution in [0.3, 0.4) is 0 Å². The fourth-order valence-electron chi connectivity index (χ4n) is 2.75. The molecule has 21 heavy (non-hydrogen) atoms. The number of benzene rings is 1. The van der Waals surface area contributed by atoms with Gasteiger partial charge >= 0.3 is 5.97 Å². The Morgan fingerprint density at radius 2 is 1.76 bits per heavy atom. The van der Waals surface area contributed by atoms with E-state index in [0.717, 1.165) is 0 Å². The van der Waals surface area contributed by atoms with Gasteiger partial charge in [-0.3, -0.25) is 4.79 Å². The Morgan fingerprint density at radius 3 is 2.14 bits per heavy atom. The van der Waals surface area contributed by atoms with Crippen molar-refractivity contribution >= 4 is 64.8 Å². The van der Waals surface area contributed by atoms with Gasteiger partial charge in [-0.05, 0) is 29.0 Å². The van der Waals surface area contributed by atoms with Gasteiger partial charge in [0.1, 0.15) is 0 Å². The van der Waals surface area contributed by atoms with E-state index < -0.39 is 27.0 Å². The third-order valence-electron chi connectivity index (χ3n) is 4.07. The molecule has 3 atom stereocenters. The highest BCUT2D eigenvalue weighted by Gasteiger charge is 2.67. The van der Waals surface area contributed by atoms with Crippen molar-refractivity contribution in [2.24, 2.45) is 17.3 Å². The molecule has 2 nitrogen and oxygen atoms in total. The van der Waals surface area contributed by atoms with Crippen molar-refractivity contribution in [3.05, 3.63) is 34.9 Å². The average Bonchev–Trinajstić information content (AvgIpc) is 2.91. The molecule has 0 bridgehead atoms. The standard InChI is InChI=1S/C14H14Cl4O2.ClH/c1-13(2)9(10(13)12(19)20)11(16)14(17,18)7-3-5-8(15)6-4-7;/h3-6,9-11H,1-2H3,(H,19,20);1H/t9-,10-,11?;/m1./s1. The van der Waals surface area contributed by atoms with E-state index in [-0.39, 0.29) is 18.3 Å². The Bertz CT molecular complexity index is 527. The molecule has 1 saturated carbocycles. The normalized spacial score (nSPS) is 24.9. The smallest absolute Gasteiger partial charge is 0.307 e. The van der Waals surface area contributed by atoms with Crippen molar-refractivity contribution < 1.29 is 9.90 Å². The number of aliphatic carboxylic acids is 1. The maximum Gasteiger partial charge on any atom is 0.307 e. The molecule has 1 aromatic carbocycles. The summed E-state index contributed by atoms with van der Waals surface area (Å²) in [6.45, 7) is 3.72. The molecule has 0 aromatic heterocycles. The van der Waals surface area contributed by atoms with Crippen molar-refractivity contribution in [3.8, 4) is 0 Å². The Balaban J connectivity index is 0.00000220. The van der Waals surface area contributed by atoms with E-state index in [0.29, 0.717) is 10.6 Å². The Morgan fingerprint density at radius 1 is 1.29 bits per heavy atom. The van der Waals surface area contributed by atoms with Gasteiger partial charge in [0.15, 0.2) is 4.33 Å². The lowest BCUT2D eigenvalue weighted by atomic mass is 10.0. The predicted molar refractivity (Wildman–Crippen MR) is 90.1 cm³/mol. The van der Waals surface area contributed by atoms with Gasteiger partial charge < -0.3 is 5.11 Å². The fourth-order valence-corrected chi connectivity index (χ4v) is 4.00. The van der Waals surface area contributed by atoms with Crippen LogP contribution < -0.4 is 0 Å². The molecule has 0 spiro atoms. The molecule has 2 rings (SSSR count). The van der Waals surface area contributed by atoms with Crippen LogP contribution in [0.4, 0.5) is 0 Å². The van der Waals surface area contributed by atoms with Crippen LogP contribution in [0.1, 0.15) is 19.4 Å². The molecule has 0 radical (unpaired) electrons. The molecule has 7 heteroatoms. The molecule has 1 unspecified atom stereocenters. The summed E-state index contributed by atoms with van der Waals surface area (Å²) in [7, 11) is 0. The largest absolute Gasteiger partial charge is 0.481 e. The van der Waals surface area contributed by atoms with E-state index in [9.17, 15) is 9.90 Å². The minimum atomic E-state index is -1.36. The van der Waals surface area contributed by atoms with Gasteiger partial charge in [0, 0.05) is 5.02 Å². The summed E-state index contributed by atoms with van der Waals surface area (Å²) < 4.78 is -1.36. The van der Waals surface area contributed by atoms with Crippen LogP contribution in [-0.2, 0) is 9.13 Å². The van der Waals surface area contributed by atoms with E-state index in [2.05, 4.69) is 0 Å². The third kappa shape index (κ3) is 3.40. The van der Waals surface area contributed by atoms with Crippen LogP contribution in [0.25, 0.3) is 0 Å². The van der Waals surface area contributed by atoms with Crippen LogP contribution in [0, 0.1) is 17.3 Å². The van der Waals surface area contributed by atoms with Crippen molar-refractivity contribution in [2.45, 2.75) is 23.6 Å². The maximum absolute atomic E-state index is 11.2. The topological polar surface area (TPSA) is 37.3 Å². The van der Waals surface area contributed by atoms with E-state index >= 15 is 0 Å². The second-order valence-electron chi connectivity index (χ2n) is 5.69. The molecular weight excluding hydrogens is 377 g/mol. The van der Waals surface area contributed by atoms with Crippen LogP contribution in [0.15, 0.2) is 24.3 Å². The van der Waals surface area contributed by atoms with Crippen molar-refractivity contribution in [2.75, 3.05) is 0 Å². The number of carbonyl (C=O) groups is 1. The van der Waals surface area contributed by atoms with Crippen LogP contribution >= 0.6 is 58.8 Å². The van der Waals surface area contributed by atoms with E-state index in [4.69, 9.17) is 46.4 Å². The molecule has 1 N–H and O–H groups in total. The first kappa shape index (κ1) is 19.2. The van der Waals surface area contributed by atoms with Crippen LogP contribution in [0.2, 0.25) is 5.02 Å². The zero-order valence-corrected chi connectivity index (χ0v) is 15.2. The van der Waals surface area contributed by atoms with Gasteiger partial charge in [-0.1, -0.05) is 60.8 Å². The van der Waals surface area contributed by atoms with Crippen LogP contribution in [-0.4, -0.2) is 16.5 Å². The zero-order chi connectivity index (χ0) is 15.3. The van der Waals surface area contributed by atoms with Crippen molar-refractivity contribution in [3.63, 3.8) is 0 Å². The molecular formula is C14H15Cl5O2. The Hall–Kier alpha value is 0.140. The maximum atomic E-state index is 11.2. The zero-order valence-electron chi connectivity index (χ0n) is 11.3. The molecule has 0 saturated heterocycles. The number of carboxylic acids is 1. The van der Waals surface area contributed by atoms with Gasteiger partial charge in [0.2, 0.25) is 0 Å². The minimum absolute atomic E-state index is 0. The lowest BCUT2D eigenvalue weighted by molar-refractivity contribution is -0.139. The first-order chi connectivity index (χ1) is 9.10. The highest BCUT2D eigenvalue weighted by atomic mass is 35.5. The van der Waals surface area contributed by atoms with Crippen LogP contribution in [0.5, 0.6) is 0 Å². The molecule has 1 aromatic rings. The van der Waals surface area contributed by atoms with Gasteiger partial charge in [0.25, 0.3) is 0 Å². The summed E-state index contributed by atoms with van der Waals surface area (Å²) in [5, 5.41) is 9.08. The SMILES string of the molecule is CC1(C)[C@@H](C(=O)O)[C@@H]1C(Cl)C(Cl)(Cl)c1ccc(Cl)cc1.Cl. The number of carboxylic acid groups (broad SMARTS) is 1. The molecule has 1 aliphatic rings. The van der Waals surface area contributed by atoms with E-state index in [1.165, 1.54) is 0 Å². The quantitative estimate of drug-likeness (QED) is 0.701. The lowest BCUT2D eigenvalue weighted by Gasteiger charge is -2.27. The molecule has 1 aliphatic carbocycles. The highest BCUT2D eigenvalue weighted by Crippen LogP contribution is 2.65. The van der Waals surface area contributed by atoms with Gasteiger partial charge in [-0.25, -0.2) is 0 Å². The summed E-state index contributed by atoms with van der Waals surface area (Å²) in [6, 6.07) is 6.74. The first-order valence-corrected chi connectivity index (χ1v) is 7.68. The third-order valence-corrected chi connectivity index (χ3v) is 6.05. The summed E-state index contributed by atoms with van der Waals surface area (Å²) in [5.41, 5.74) is 0.191. The minimum Gasteiger partial charge on any atom is -0.481 e. The second-order valence-corrected chi connectivity index (χ2v) is 7.99. The highest BCUT2D eigenvalue weighted by molar-refractivity contribution is 6.52. The second kappa shape index (κ2) is 6.33. The molecule has 0 aliphatic heterocycles. The fraction of sp³-hybridized carbons (Fsp3) is 0.500. The first-order valence-electron chi connectivity index (χ1n) is 6.11. The Labute approximate surface area is 150 Å². The van der Waals surface area contributed by atoms with E-state index in [1.54, 1.807) is 24.3 Å². The monoisotopic (exact) mass is 390 g/mol. The lowest BCUT2D eigenvalue weighted by Crippen LogP contribution is -2.28. The number of hydrogen-bond acceptors (Lipinski definition) is 1. The number of alkyl halides is 3. The summed E-state index contributed by atoms with van der Waals surface area (Å²) in [5.74, 6) is -1.69.